The highest BCUT2D eigenvalue weighted by Crippen LogP contribution is 2.28. The first kappa shape index (κ1) is 18.4. The van der Waals surface area contributed by atoms with Crippen molar-refractivity contribution in [2.75, 3.05) is 7.11 Å². The van der Waals surface area contributed by atoms with Crippen LogP contribution in [0.25, 0.3) is 0 Å². The molecule has 26 heavy (non-hydrogen) atoms. The number of hydrogen-bond donors (Lipinski definition) is 0. The van der Waals surface area contributed by atoms with Crippen LogP contribution in [0.3, 0.4) is 0 Å². The summed E-state index contributed by atoms with van der Waals surface area (Å²) in [5, 5.41) is 0. The van der Waals surface area contributed by atoms with E-state index < -0.39 is 11.8 Å². The van der Waals surface area contributed by atoms with Crippen molar-refractivity contribution in [3.8, 4) is 11.5 Å². The van der Waals surface area contributed by atoms with Crippen LogP contribution in [-0.2, 0) is 6.42 Å². The van der Waals surface area contributed by atoms with Crippen molar-refractivity contribution in [1.82, 2.24) is 0 Å². The summed E-state index contributed by atoms with van der Waals surface area (Å²) < 4.78 is 23.9. The zero-order chi connectivity index (χ0) is 18.4. The van der Waals surface area contributed by atoms with Gasteiger partial charge in [-0.3, -0.25) is 0 Å². The average molecular weight is 356 g/mol. The second-order valence-electron chi connectivity index (χ2n) is 6.93. The smallest absolute Gasteiger partial charge is 0.343 e. The number of hydrogen-bond acceptors (Lipinski definition) is 3. The van der Waals surface area contributed by atoms with Crippen LogP contribution in [0.15, 0.2) is 42.5 Å². The van der Waals surface area contributed by atoms with Crippen LogP contribution >= 0.6 is 0 Å². The summed E-state index contributed by atoms with van der Waals surface area (Å²) in [6, 6.07) is 11.6. The summed E-state index contributed by atoms with van der Waals surface area (Å²) in [7, 11) is 1.38. The summed E-state index contributed by atoms with van der Waals surface area (Å²) in [5.74, 6) is 0.254. The van der Waals surface area contributed by atoms with E-state index in [0.29, 0.717) is 5.75 Å². The monoisotopic (exact) mass is 356 g/mol. The van der Waals surface area contributed by atoms with Crippen molar-refractivity contribution in [2.45, 2.75) is 44.9 Å². The molecular weight excluding hydrogens is 331 g/mol. The molecule has 1 aliphatic carbocycles. The zero-order valence-electron chi connectivity index (χ0n) is 15.2. The molecule has 0 N–H and O–H groups in total. The van der Waals surface area contributed by atoms with Gasteiger partial charge < -0.3 is 9.47 Å². The van der Waals surface area contributed by atoms with E-state index in [1.165, 1.54) is 63.3 Å². The van der Waals surface area contributed by atoms with Crippen molar-refractivity contribution < 1.29 is 18.7 Å². The molecule has 2 aromatic rings. The molecule has 138 valence electrons. The van der Waals surface area contributed by atoms with E-state index in [2.05, 4.69) is 0 Å². The molecule has 4 heteroatoms. The molecular formula is C22H25FO3. The molecule has 0 spiro atoms. The Bertz CT molecular complexity index is 734. The third-order valence-corrected chi connectivity index (χ3v) is 5.09. The largest absolute Gasteiger partial charge is 0.494 e. The van der Waals surface area contributed by atoms with Crippen molar-refractivity contribution in [1.29, 1.82) is 0 Å². The quantitative estimate of drug-likeness (QED) is 0.502. The maximum absolute atomic E-state index is 13.7. The standard InChI is InChI=1S/C22H25FO3/c1-25-21-14-11-18(15-20(21)23)22(24)26-19-12-9-17(10-13-19)8-7-16-5-3-2-4-6-16/h9-16H,2-8H2,1H3. The van der Waals surface area contributed by atoms with Gasteiger partial charge in [-0.2, -0.15) is 0 Å². The van der Waals surface area contributed by atoms with Gasteiger partial charge in [0.05, 0.1) is 12.7 Å². The molecule has 0 aliphatic heterocycles. The summed E-state index contributed by atoms with van der Waals surface area (Å²) in [6.07, 6.45) is 9.11. The molecule has 3 rings (SSSR count). The molecule has 0 amide bonds. The highest BCUT2D eigenvalue weighted by molar-refractivity contribution is 5.91. The zero-order valence-corrected chi connectivity index (χ0v) is 15.2. The minimum Gasteiger partial charge on any atom is -0.494 e. The molecule has 1 aliphatic rings. The molecule has 0 atom stereocenters. The van der Waals surface area contributed by atoms with Gasteiger partial charge in [0.15, 0.2) is 11.6 Å². The summed E-state index contributed by atoms with van der Waals surface area (Å²) in [5.41, 5.74) is 1.41. The third-order valence-electron chi connectivity index (χ3n) is 5.09. The number of benzene rings is 2. The van der Waals surface area contributed by atoms with E-state index in [1.54, 1.807) is 12.1 Å². The summed E-state index contributed by atoms with van der Waals surface area (Å²) in [6.45, 7) is 0. The Balaban J connectivity index is 1.54. The number of halogens is 1. The van der Waals surface area contributed by atoms with E-state index in [1.807, 2.05) is 12.1 Å². The predicted octanol–water partition coefficient (Wildman–Crippen LogP) is 5.57. The average Bonchev–Trinajstić information content (AvgIpc) is 2.68. The maximum Gasteiger partial charge on any atom is 0.343 e. The van der Waals surface area contributed by atoms with E-state index in [0.717, 1.165) is 18.4 Å². The fourth-order valence-electron chi connectivity index (χ4n) is 3.53. The Morgan fingerprint density at radius 3 is 2.46 bits per heavy atom. The molecule has 0 bridgehead atoms. The number of aryl methyl sites for hydroxylation is 1. The van der Waals surface area contributed by atoms with E-state index in [-0.39, 0.29) is 11.3 Å². The number of esters is 1. The molecule has 1 saturated carbocycles. The topological polar surface area (TPSA) is 35.5 Å². The van der Waals surface area contributed by atoms with Crippen molar-refractivity contribution in [2.24, 2.45) is 5.92 Å². The third kappa shape index (κ3) is 4.84. The minimum absolute atomic E-state index is 0.101. The molecule has 1 fully saturated rings. The van der Waals surface area contributed by atoms with Gasteiger partial charge in [-0.05, 0) is 54.7 Å². The first-order valence-corrected chi connectivity index (χ1v) is 9.30. The van der Waals surface area contributed by atoms with Gasteiger partial charge in [0.25, 0.3) is 0 Å². The fourth-order valence-corrected chi connectivity index (χ4v) is 3.53. The van der Waals surface area contributed by atoms with Crippen LogP contribution in [0.4, 0.5) is 4.39 Å². The van der Waals surface area contributed by atoms with E-state index in [9.17, 15) is 9.18 Å². The molecule has 3 nitrogen and oxygen atoms in total. The molecule has 0 unspecified atom stereocenters. The Labute approximate surface area is 154 Å². The molecule has 0 heterocycles. The Kier molecular flexibility index (Phi) is 6.26. The lowest BCUT2D eigenvalue weighted by Gasteiger charge is -2.21. The number of methoxy groups -OCH3 is 1. The van der Waals surface area contributed by atoms with Gasteiger partial charge in [0.2, 0.25) is 0 Å². The molecule has 0 aromatic heterocycles. The number of rotatable bonds is 6. The Hall–Kier alpha value is -2.36. The van der Waals surface area contributed by atoms with Crippen molar-refractivity contribution in [3.05, 3.63) is 59.4 Å². The Morgan fingerprint density at radius 1 is 1.08 bits per heavy atom. The van der Waals surface area contributed by atoms with E-state index >= 15 is 0 Å². The predicted molar refractivity (Wildman–Crippen MR) is 99.2 cm³/mol. The molecule has 0 radical (unpaired) electrons. The fraction of sp³-hybridized carbons (Fsp3) is 0.409. The maximum atomic E-state index is 13.7. The van der Waals surface area contributed by atoms with Crippen LogP contribution in [-0.4, -0.2) is 13.1 Å². The van der Waals surface area contributed by atoms with Gasteiger partial charge in [-0.15, -0.1) is 0 Å². The van der Waals surface area contributed by atoms with Crippen LogP contribution < -0.4 is 9.47 Å². The normalized spacial score (nSPS) is 14.8. The lowest BCUT2D eigenvalue weighted by molar-refractivity contribution is 0.0734. The molecule has 2 aromatic carbocycles. The first-order valence-electron chi connectivity index (χ1n) is 9.30. The number of ether oxygens (including phenoxy) is 2. The second-order valence-corrected chi connectivity index (χ2v) is 6.93. The van der Waals surface area contributed by atoms with Crippen molar-refractivity contribution >= 4 is 5.97 Å². The van der Waals surface area contributed by atoms with Crippen LogP contribution in [0.5, 0.6) is 11.5 Å². The number of carbonyl (C=O) groups is 1. The van der Waals surface area contributed by atoms with Crippen LogP contribution in [0.2, 0.25) is 0 Å². The highest BCUT2D eigenvalue weighted by Gasteiger charge is 2.14. The summed E-state index contributed by atoms with van der Waals surface area (Å²) >= 11 is 0. The molecule has 0 saturated heterocycles. The van der Waals surface area contributed by atoms with Crippen LogP contribution in [0.1, 0.15) is 54.4 Å². The van der Waals surface area contributed by atoms with Crippen molar-refractivity contribution in [3.63, 3.8) is 0 Å². The van der Waals surface area contributed by atoms with Crippen LogP contribution in [0, 0.1) is 11.7 Å². The van der Waals surface area contributed by atoms with Gasteiger partial charge in [0.1, 0.15) is 5.75 Å². The highest BCUT2D eigenvalue weighted by atomic mass is 19.1. The van der Waals surface area contributed by atoms with E-state index in [4.69, 9.17) is 9.47 Å². The Morgan fingerprint density at radius 2 is 1.81 bits per heavy atom. The lowest BCUT2D eigenvalue weighted by Crippen LogP contribution is -2.09. The van der Waals surface area contributed by atoms with Gasteiger partial charge in [-0.1, -0.05) is 44.2 Å². The second kappa shape index (κ2) is 8.84. The summed E-state index contributed by atoms with van der Waals surface area (Å²) in [4.78, 5) is 12.2. The SMILES string of the molecule is COc1ccc(C(=O)Oc2ccc(CCC3CCCCC3)cc2)cc1F. The lowest BCUT2D eigenvalue weighted by atomic mass is 9.85. The first-order chi connectivity index (χ1) is 12.7. The van der Waals surface area contributed by atoms with Gasteiger partial charge in [0, 0.05) is 0 Å². The number of carbonyl (C=O) groups excluding carboxylic acids is 1. The van der Waals surface area contributed by atoms with Gasteiger partial charge in [-0.25, -0.2) is 9.18 Å². The van der Waals surface area contributed by atoms with Gasteiger partial charge >= 0.3 is 5.97 Å². The minimum atomic E-state index is -0.583.